The predicted octanol–water partition coefficient (Wildman–Crippen LogP) is 16.9. The summed E-state index contributed by atoms with van der Waals surface area (Å²) in [7, 11) is 0. The standard InChI is InChI=1S/C53H102O6/c1-6-8-9-10-11-22-28-33-38-43-51(54)57-46-50(47-58-52(55)44-39-34-30-25-26-31-36-41-48(3)4)59-53(56)45-40-35-29-24-21-19-17-15-13-12-14-16-18-20-23-27-32-37-42-49(5)7-2/h48-50H,6-47H2,1-5H3/t49?,50-/m0/s1. The molecular weight excluding hydrogens is 733 g/mol. The number of hydrogen-bond donors (Lipinski definition) is 0. The minimum absolute atomic E-state index is 0.0646. The van der Waals surface area contributed by atoms with Gasteiger partial charge in [0.1, 0.15) is 13.2 Å². The highest BCUT2D eigenvalue weighted by molar-refractivity contribution is 5.71. The zero-order valence-corrected chi connectivity index (χ0v) is 40.4. The van der Waals surface area contributed by atoms with Crippen molar-refractivity contribution < 1.29 is 28.6 Å². The van der Waals surface area contributed by atoms with Gasteiger partial charge in [0.15, 0.2) is 6.10 Å². The predicted molar refractivity (Wildman–Crippen MR) is 252 cm³/mol. The summed E-state index contributed by atoms with van der Waals surface area (Å²) in [5, 5.41) is 0. The van der Waals surface area contributed by atoms with Gasteiger partial charge in [-0.25, -0.2) is 0 Å². The van der Waals surface area contributed by atoms with E-state index in [2.05, 4.69) is 34.6 Å². The molecule has 0 heterocycles. The molecule has 0 spiro atoms. The fourth-order valence-electron chi connectivity index (χ4n) is 7.96. The first kappa shape index (κ1) is 57.4. The van der Waals surface area contributed by atoms with Crippen molar-refractivity contribution in [1.82, 2.24) is 0 Å². The number of hydrogen-bond acceptors (Lipinski definition) is 6. The van der Waals surface area contributed by atoms with Crippen molar-refractivity contribution in [2.24, 2.45) is 11.8 Å². The maximum absolute atomic E-state index is 12.8. The molecule has 0 aliphatic rings. The Kier molecular flexibility index (Phi) is 44.7. The van der Waals surface area contributed by atoms with E-state index in [-0.39, 0.29) is 31.1 Å². The summed E-state index contributed by atoms with van der Waals surface area (Å²) in [4.78, 5) is 37.8. The van der Waals surface area contributed by atoms with Gasteiger partial charge in [-0.1, -0.05) is 253 Å². The molecule has 59 heavy (non-hydrogen) atoms. The third kappa shape index (κ3) is 45.8. The quantitative estimate of drug-likeness (QED) is 0.0345. The Morgan fingerprint density at radius 1 is 0.356 bits per heavy atom. The average molecular weight is 835 g/mol. The molecule has 0 aromatic rings. The number of ether oxygens (including phenoxy) is 3. The van der Waals surface area contributed by atoms with Crippen LogP contribution in [0.25, 0.3) is 0 Å². The maximum atomic E-state index is 12.8. The van der Waals surface area contributed by atoms with Crippen LogP contribution >= 0.6 is 0 Å². The molecule has 1 unspecified atom stereocenters. The molecule has 6 nitrogen and oxygen atoms in total. The van der Waals surface area contributed by atoms with Gasteiger partial charge in [-0.15, -0.1) is 0 Å². The van der Waals surface area contributed by atoms with Gasteiger partial charge in [0.2, 0.25) is 0 Å². The molecule has 0 aromatic heterocycles. The van der Waals surface area contributed by atoms with Crippen LogP contribution in [0.15, 0.2) is 0 Å². The molecule has 0 radical (unpaired) electrons. The van der Waals surface area contributed by atoms with E-state index in [4.69, 9.17) is 14.2 Å². The number of esters is 3. The van der Waals surface area contributed by atoms with Gasteiger partial charge in [-0.3, -0.25) is 14.4 Å². The molecule has 0 aromatic carbocycles. The van der Waals surface area contributed by atoms with Crippen molar-refractivity contribution in [3.8, 4) is 0 Å². The number of carbonyl (C=O) groups is 3. The van der Waals surface area contributed by atoms with Crippen LogP contribution in [0.1, 0.15) is 291 Å². The van der Waals surface area contributed by atoms with E-state index in [1.54, 1.807) is 0 Å². The molecule has 0 aliphatic heterocycles. The summed E-state index contributed by atoms with van der Waals surface area (Å²) >= 11 is 0. The second kappa shape index (κ2) is 45.9. The summed E-state index contributed by atoms with van der Waals surface area (Å²) in [6.07, 6.45) is 46.8. The molecule has 350 valence electrons. The second-order valence-electron chi connectivity index (χ2n) is 18.9. The van der Waals surface area contributed by atoms with Crippen LogP contribution in [0, 0.1) is 11.8 Å². The highest BCUT2D eigenvalue weighted by Crippen LogP contribution is 2.18. The Morgan fingerprint density at radius 3 is 0.966 bits per heavy atom. The highest BCUT2D eigenvalue weighted by Gasteiger charge is 2.19. The fraction of sp³-hybridized carbons (Fsp3) is 0.943. The van der Waals surface area contributed by atoms with Crippen molar-refractivity contribution in [2.75, 3.05) is 13.2 Å². The Hall–Kier alpha value is -1.59. The van der Waals surface area contributed by atoms with Crippen molar-refractivity contribution in [2.45, 2.75) is 298 Å². The molecule has 0 saturated heterocycles. The smallest absolute Gasteiger partial charge is 0.306 e. The molecule has 0 fully saturated rings. The van der Waals surface area contributed by atoms with E-state index in [0.29, 0.717) is 19.3 Å². The lowest BCUT2D eigenvalue weighted by Gasteiger charge is -2.18. The summed E-state index contributed by atoms with van der Waals surface area (Å²) in [6, 6.07) is 0. The molecule has 0 N–H and O–H groups in total. The van der Waals surface area contributed by atoms with E-state index < -0.39 is 6.10 Å². The van der Waals surface area contributed by atoms with Gasteiger partial charge in [0.25, 0.3) is 0 Å². The summed E-state index contributed by atoms with van der Waals surface area (Å²) in [6.45, 7) is 11.4. The highest BCUT2D eigenvalue weighted by atomic mass is 16.6. The van der Waals surface area contributed by atoms with Crippen LogP contribution in [-0.2, 0) is 28.6 Å². The number of rotatable bonds is 47. The van der Waals surface area contributed by atoms with Crippen LogP contribution in [0.5, 0.6) is 0 Å². The first-order chi connectivity index (χ1) is 28.8. The first-order valence-corrected chi connectivity index (χ1v) is 26.3. The van der Waals surface area contributed by atoms with Crippen molar-refractivity contribution in [1.29, 1.82) is 0 Å². The lowest BCUT2D eigenvalue weighted by Crippen LogP contribution is -2.30. The van der Waals surface area contributed by atoms with Gasteiger partial charge < -0.3 is 14.2 Å². The van der Waals surface area contributed by atoms with E-state index in [1.165, 1.54) is 180 Å². The third-order valence-electron chi connectivity index (χ3n) is 12.3. The normalized spacial score (nSPS) is 12.5. The Bertz CT molecular complexity index is 902. The van der Waals surface area contributed by atoms with Crippen LogP contribution in [0.4, 0.5) is 0 Å². The molecule has 0 amide bonds. The molecule has 0 rings (SSSR count). The molecule has 0 bridgehead atoms. The molecule has 2 atom stereocenters. The van der Waals surface area contributed by atoms with Crippen LogP contribution in [0.2, 0.25) is 0 Å². The van der Waals surface area contributed by atoms with E-state index in [1.807, 2.05) is 0 Å². The summed E-state index contributed by atoms with van der Waals surface area (Å²) in [5.74, 6) is 0.837. The molecular formula is C53H102O6. The van der Waals surface area contributed by atoms with E-state index in [9.17, 15) is 14.4 Å². The van der Waals surface area contributed by atoms with Crippen molar-refractivity contribution in [3.63, 3.8) is 0 Å². The topological polar surface area (TPSA) is 78.9 Å². The number of unbranched alkanes of at least 4 members (excludes halogenated alkanes) is 31. The molecule has 0 saturated carbocycles. The lowest BCUT2D eigenvalue weighted by molar-refractivity contribution is -0.167. The SMILES string of the molecule is CCCCCCCCCCCC(=O)OC[C@@H](COC(=O)CCCCCCCCCC(C)C)OC(=O)CCCCCCCCCCCCCCCCCCCCC(C)CC. The first-order valence-electron chi connectivity index (χ1n) is 26.3. The van der Waals surface area contributed by atoms with Crippen LogP contribution in [0.3, 0.4) is 0 Å². The van der Waals surface area contributed by atoms with E-state index in [0.717, 1.165) is 69.6 Å². The van der Waals surface area contributed by atoms with Gasteiger partial charge in [0, 0.05) is 19.3 Å². The molecule has 6 heteroatoms. The monoisotopic (exact) mass is 835 g/mol. The Labute approximate surface area is 368 Å². The Balaban J connectivity index is 4.16. The summed E-state index contributed by atoms with van der Waals surface area (Å²) in [5.41, 5.74) is 0. The number of carbonyl (C=O) groups excluding carboxylic acids is 3. The largest absolute Gasteiger partial charge is 0.462 e. The minimum atomic E-state index is -0.761. The zero-order valence-electron chi connectivity index (χ0n) is 40.4. The Morgan fingerprint density at radius 2 is 0.644 bits per heavy atom. The fourth-order valence-corrected chi connectivity index (χ4v) is 7.96. The van der Waals surface area contributed by atoms with Crippen molar-refractivity contribution >= 4 is 17.9 Å². The zero-order chi connectivity index (χ0) is 43.3. The maximum Gasteiger partial charge on any atom is 0.306 e. The second-order valence-corrected chi connectivity index (χ2v) is 18.9. The van der Waals surface area contributed by atoms with Crippen LogP contribution < -0.4 is 0 Å². The average Bonchev–Trinajstić information content (AvgIpc) is 3.22. The molecule has 0 aliphatic carbocycles. The van der Waals surface area contributed by atoms with Crippen LogP contribution in [-0.4, -0.2) is 37.2 Å². The van der Waals surface area contributed by atoms with Gasteiger partial charge >= 0.3 is 17.9 Å². The lowest BCUT2D eigenvalue weighted by atomic mass is 9.99. The third-order valence-corrected chi connectivity index (χ3v) is 12.3. The van der Waals surface area contributed by atoms with Gasteiger partial charge in [-0.05, 0) is 31.1 Å². The van der Waals surface area contributed by atoms with Gasteiger partial charge in [0.05, 0.1) is 0 Å². The van der Waals surface area contributed by atoms with E-state index >= 15 is 0 Å². The summed E-state index contributed by atoms with van der Waals surface area (Å²) < 4.78 is 16.8. The minimum Gasteiger partial charge on any atom is -0.462 e. The van der Waals surface area contributed by atoms with Gasteiger partial charge in [-0.2, -0.15) is 0 Å². The van der Waals surface area contributed by atoms with Crippen molar-refractivity contribution in [3.05, 3.63) is 0 Å².